The fourth-order valence-electron chi connectivity index (χ4n) is 2.24. The molecule has 0 bridgehead atoms. The second-order valence-corrected chi connectivity index (χ2v) is 5.37. The molecule has 2 nitrogen and oxygen atoms in total. The quantitative estimate of drug-likeness (QED) is 0.505. The van der Waals surface area contributed by atoms with E-state index in [-0.39, 0.29) is 11.9 Å². The molecule has 0 rings (SSSR count). The van der Waals surface area contributed by atoms with E-state index in [0.29, 0.717) is 0 Å². The average molecular weight is 254 g/mol. The SMILES string of the molecule is [CH2]C(CCCCCCCCCCCC)NC(C)=O. The van der Waals surface area contributed by atoms with Crippen LogP contribution in [-0.2, 0) is 4.79 Å². The van der Waals surface area contributed by atoms with E-state index in [0.717, 1.165) is 6.42 Å². The lowest BCUT2D eigenvalue weighted by atomic mass is 10.0. The van der Waals surface area contributed by atoms with Crippen molar-refractivity contribution in [2.24, 2.45) is 0 Å². The number of rotatable bonds is 12. The topological polar surface area (TPSA) is 29.1 Å². The van der Waals surface area contributed by atoms with Crippen molar-refractivity contribution in [2.45, 2.75) is 90.5 Å². The van der Waals surface area contributed by atoms with E-state index in [1.807, 2.05) is 0 Å². The first-order chi connectivity index (χ1) is 8.66. The molecule has 1 N–H and O–H groups in total. The maximum Gasteiger partial charge on any atom is 0.217 e. The first kappa shape index (κ1) is 17.5. The lowest BCUT2D eigenvalue weighted by Crippen LogP contribution is -2.30. The highest BCUT2D eigenvalue weighted by Gasteiger charge is 2.02. The molecule has 0 heterocycles. The van der Waals surface area contributed by atoms with Crippen molar-refractivity contribution in [3.05, 3.63) is 6.92 Å². The van der Waals surface area contributed by atoms with Crippen LogP contribution >= 0.6 is 0 Å². The van der Waals surface area contributed by atoms with Crippen LogP contribution in [0.25, 0.3) is 0 Å². The summed E-state index contributed by atoms with van der Waals surface area (Å²) in [5, 5.41) is 2.82. The van der Waals surface area contributed by atoms with Gasteiger partial charge in [0.15, 0.2) is 0 Å². The molecule has 0 saturated carbocycles. The molecule has 0 spiro atoms. The van der Waals surface area contributed by atoms with Crippen molar-refractivity contribution in [3.8, 4) is 0 Å². The smallest absolute Gasteiger partial charge is 0.217 e. The summed E-state index contributed by atoms with van der Waals surface area (Å²) in [7, 11) is 0. The Morgan fingerprint density at radius 1 is 0.944 bits per heavy atom. The first-order valence-corrected chi connectivity index (χ1v) is 7.77. The third kappa shape index (κ3) is 13.5. The summed E-state index contributed by atoms with van der Waals surface area (Å²) in [4.78, 5) is 10.8. The van der Waals surface area contributed by atoms with Gasteiger partial charge in [0, 0.05) is 13.0 Å². The molecule has 1 atom stereocenters. The maximum absolute atomic E-state index is 10.8. The lowest BCUT2D eigenvalue weighted by Gasteiger charge is -2.11. The van der Waals surface area contributed by atoms with Gasteiger partial charge < -0.3 is 5.32 Å². The van der Waals surface area contributed by atoms with Crippen LogP contribution < -0.4 is 5.32 Å². The Hall–Kier alpha value is -0.530. The van der Waals surface area contributed by atoms with Gasteiger partial charge in [-0.2, -0.15) is 0 Å². The molecular formula is C16H32NO. The highest BCUT2D eigenvalue weighted by Crippen LogP contribution is 2.11. The van der Waals surface area contributed by atoms with Gasteiger partial charge in [-0.05, 0) is 13.3 Å². The molecule has 0 aromatic heterocycles. The number of hydrogen-bond acceptors (Lipinski definition) is 1. The monoisotopic (exact) mass is 254 g/mol. The summed E-state index contributed by atoms with van der Waals surface area (Å²) in [5.41, 5.74) is 0. The van der Waals surface area contributed by atoms with E-state index in [2.05, 4.69) is 19.2 Å². The minimum absolute atomic E-state index is 0.0297. The summed E-state index contributed by atoms with van der Waals surface area (Å²) in [5.74, 6) is 0.0297. The molecule has 18 heavy (non-hydrogen) atoms. The first-order valence-electron chi connectivity index (χ1n) is 7.77. The Morgan fingerprint density at radius 3 is 1.83 bits per heavy atom. The van der Waals surface area contributed by atoms with Crippen LogP contribution in [0.15, 0.2) is 0 Å². The van der Waals surface area contributed by atoms with Crippen molar-refractivity contribution < 1.29 is 4.79 Å². The van der Waals surface area contributed by atoms with Gasteiger partial charge in [-0.15, -0.1) is 0 Å². The van der Waals surface area contributed by atoms with Gasteiger partial charge in [-0.1, -0.05) is 71.1 Å². The molecule has 0 aliphatic carbocycles. The Balaban J connectivity index is 3.09. The summed E-state index contributed by atoms with van der Waals surface area (Å²) in [6.07, 6.45) is 14.5. The molecule has 0 aromatic rings. The molecule has 1 unspecified atom stereocenters. The molecule has 1 radical (unpaired) electrons. The van der Waals surface area contributed by atoms with Gasteiger partial charge in [-0.3, -0.25) is 4.79 Å². The highest BCUT2D eigenvalue weighted by atomic mass is 16.1. The van der Waals surface area contributed by atoms with E-state index in [1.54, 1.807) is 6.92 Å². The molecule has 0 aliphatic rings. The van der Waals surface area contributed by atoms with Gasteiger partial charge in [0.25, 0.3) is 0 Å². The fourth-order valence-corrected chi connectivity index (χ4v) is 2.24. The Kier molecular flexibility index (Phi) is 12.5. The van der Waals surface area contributed by atoms with Crippen LogP contribution in [0.2, 0.25) is 0 Å². The number of carbonyl (C=O) groups excluding carboxylic acids is 1. The minimum Gasteiger partial charge on any atom is -0.354 e. The second kappa shape index (κ2) is 12.9. The number of unbranched alkanes of at least 4 members (excludes halogenated alkanes) is 9. The van der Waals surface area contributed by atoms with Crippen molar-refractivity contribution in [1.82, 2.24) is 5.32 Å². The summed E-state index contributed by atoms with van der Waals surface area (Å²) in [6, 6.07) is 0.0940. The third-order valence-electron chi connectivity index (χ3n) is 3.31. The number of carbonyl (C=O) groups is 1. The molecule has 0 aliphatic heterocycles. The van der Waals surface area contributed by atoms with E-state index in [9.17, 15) is 4.79 Å². The predicted molar refractivity (Wildman–Crippen MR) is 79.4 cm³/mol. The third-order valence-corrected chi connectivity index (χ3v) is 3.31. The number of nitrogens with one attached hydrogen (secondary N) is 1. The fraction of sp³-hybridized carbons (Fsp3) is 0.875. The predicted octanol–water partition coefficient (Wildman–Crippen LogP) is 4.64. The molecule has 2 heteroatoms. The molecule has 107 valence electrons. The molecule has 0 aromatic carbocycles. The maximum atomic E-state index is 10.8. The van der Waals surface area contributed by atoms with Gasteiger partial charge in [0.05, 0.1) is 0 Å². The molecule has 0 fully saturated rings. The van der Waals surface area contributed by atoms with E-state index in [1.165, 1.54) is 64.2 Å². The van der Waals surface area contributed by atoms with Gasteiger partial charge in [-0.25, -0.2) is 0 Å². The summed E-state index contributed by atoms with van der Waals surface area (Å²) >= 11 is 0. The van der Waals surface area contributed by atoms with E-state index >= 15 is 0 Å². The van der Waals surface area contributed by atoms with Crippen LogP contribution in [0, 0.1) is 6.92 Å². The average Bonchev–Trinajstić information content (AvgIpc) is 2.30. The van der Waals surface area contributed by atoms with Crippen molar-refractivity contribution >= 4 is 5.91 Å². The van der Waals surface area contributed by atoms with Crippen LogP contribution in [0.5, 0.6) is 0 Å². The molecule has 1 amide bonds. The largest absolute Gasteiger partial charge is 0.354 e. The highest BCUT2D eigenvalue weighted by molar-refractivity contribution is 5.73. The Morgan fingerprint density at radius 2 is 1.39 bits per heavy atom. The van der Waals surface area contributed by atoms with Crippen LogP contribution in [0.4, 0.5) is 0 Å². The molecular weight excluding hydrogens is 222 g/mol. The summed E-state index contributed by atoms with van der Waals surface area (Å²) < 4.78 is 0. The normalized spacial score (nSPS) is 12.4. The number of amides is 1. The van der Waals surface area contributed by atoms with Crippen molar-refractivity contribution in [2.75, 3.05) is 0 Å². The Labute approximate surface area is 114 Å². The van der Waals surface area contributed by atoms with Gasteiger partial charge >= 0.3 is 0 Å². The van der Waals surface area contributed by atoms with Crippen LogP contribution in [0.3, 0.4) is 0 Å². The second-order valence-electron chi connectivity index (χ2n) is 5.37. The van der Waals surface area contributed by atoms with Gasteiger partial charge in [0.1, 0.15) is 0 Å². The Bertz CT molecular complexity index is 192. The minimum atomic E-state index is 0.0297. The van der Waals surface area contributed by atoms with Crippen molar-refractivity contribution in [3.63, 3.8) is 0 Å². The zero-order chi connectivity index (χ0) is 13.6. The molecule has 0 saturated heterocycles. The van der Waals surface area contributed by atoms with E-state index < -0.39 is 0 Å². The summed E-state index contributed by atoms with van der Waals surface area (Å²) in [6.45, 7) is 7.74. The van der Waals surface area contributed by atoms with Crippen molar-refractivity contribution in [1.29, 1.82) is 0 Å². The lowest BCUT2D eigenvalue weighted by molar-refractivity contribution is -0.119. The van der Waals surface area contributed by atoms with Crippen LogP contribution in [-0.4, -0.2) is 11.9 Å². The van der Waals surface area contributed by atoms with Crippen LogP contribution in [0.1, 0.15) is 84.5 Å². The van der Waals surface area contributed by atoms with Gasteiger partial charge in [0.2, 0.25) is 5.91 Å². The zero-order valence-electron chi connectivity index (χ0n) is 12.5. The zero-order valence-corrected chi connectivity index (χ0v) is 12.5. The number of hydrogen-bond donors (Lipinski definition) is 1. The van der Waals surface area contributed by atoms with E-state index in [4.69, 9.17) is 0 Å². The standard InChI is InChI=1S/C16H32NO/c1-4-5-6-7-8-9-10-11-12-13-14-15(2)17-16(3)18/h15H,2,4-14H2,1,3H3,(H,17,18).